The van der Waals surface area contributed by atoms with Gasteiger partial charge < -0.3 is 19.7 Å². The summed E-state index contributed by atoms with van der Waals surface area (Å²) in [7, 11) is 3.17. The second-order valence-electron chi connectivity index (χ2n) is 5.82. The predicted molar refractivity (Wildman–Crippen MR) is 106 cm³/mol. The first-order chi connectivity index (χ1) is 11.8. The zero-order valence-corrected chi connectivity index (χ0v) is 17.5. The molecular formula is C18H23BrN2O3S. The summed E-state index contributed by atoms with van der Waals surface area (Å²) in [5.41, 5.74) is 2.36. The summed E-state index contributed by atoms with van der Waals surface area (Å²) in [5, 5.41) is 3.91. The van der Waals surface area contributed by atoms with Gasteiger partial charge in [0.15, 0.2) is 22.4 Å². The normalized spacial score (nSPS) is 17.4. The van der Waals surface area contributed by atoms with Crippen LogP contribution in [-0.4, -0.2) is 36.6 Å². The number of ether oxygens (including phenoxy) is 2. The highest BCUT2D eigenvalue weighted by molar-refractivity contribution is 9.10. The highest BCUT2D eigenvalue weighted by Crippen LogP contribution is 2.42. The van der Waals surface area contributed by atoms with Crippen molar-refractivity contribution in [3.05, 3.63) is 33.4 Å². The van der Waals surface area contributed by atoms with Crippen LogP contribution in [0.2, 0.25) is 0 Å². The Balaban J connectivity index is 2.68. The van der Waals surface area contributed by atoms with Gasteiger partial charge in [0.05, 0.1) is 20.3 Å². The van der Waals surface area contributed by atoms with Crippen molar-refractivity contribution in [3.8, 4) is 11.5 Å². The maximum Gasteiger partial charge on any atom is 0.173 e. The molecule has 1 unspecified atom stereocenters. The van der Waals surface area contributed by atoms with Gasteiger partial charge in [0, 0.05) is 27.9 Å². The first-order valence-corrected chi connectivity index (χ1v) is 9.26. The van der Waals surface area contributed by atoms with Crippen LogP contribution in [-0.2, 0) is 4.79 Å². The summed E-state index contributed by atoms with van der Waals surface area (Å²) in [6.07, 6.45) is 0.934. The molecule has 2 rings (SSSR count). The van der Waals surface area contributed by atoms with E-state index in [0.717, 1.165) is 28.7 Å². The molecule has 0 saturated heterocycles. The fourth-order valence-corrected chi connectivity index (χ4v) is 3.94. The molecule has 7 heteroatoms. The molecule has 1 heterocycles. The van der Waals surface area contributed by atoms with Gasteiger partial charge in [-0.05, 0) is 44.6 Å². The lowest BCUT2D eigenvalue weighted by atomic mass is 9.91. The van der Waals surface area contributed by atoms with Crippen molar-refractivity contribution in [2.75, 3.05) is 20.8 Å². The second-order valence-corrected chi connectivity index (χ2v) is 7.12. The lowest BCUT2D eigenvalue weighted by molar-refractivity contribution is -0.114. The maximum atomic E-state index is 12.4. The van der Waals surface area contributed by atoms with Gasteiger partial charge in [-0.15, -0.1) is 0 Å². The smallest absolute Gasteiger partial charge is 0.173 e. The van der Waals surface area contributed by atoms with Gasteiger partial charge in [-0.25, -0.2) is 0 Å². The Hall–Kier alpha value is -1.60. The molecule has 25 heavy (non-hydrogen) atoms. The third-order valence-electron chi connectivity index (χ3n) is 4.21. The van der Waals surface area contributed by atoms with Crippen molar-refractivity contribution < 1.29 is 14.3 Å². The van der Waals surface area contributed by atoms with E-state index in [0.29, 0.717) is 22.2 Å². The average molecular weight is 427 g/mol. The Morgan fingerprint density at radius 1 is 1.36 bits per heavy atom. The molecule has 1 aliphatic heterocycles. The van der Waals surface area contributed by atoms with E-state index in [4.69, 9.17) is 21.7 Å². The van der Waals surface area contributed by atoms with E-state index in [-0.39, 0.29) is 11.8 Å². The molecule has 0 spiro atoms. The number of carbonyl (C=O) groups excluding carboxylic acids is 1. The Morgan fingerprint density at radius 2 is 2.04 bits per heavy atom. The fraction of sp³-hybridized carbons (Fsp3) is 0.444. The first-order valence-electron chi connectivity index (χ1n) is 8.06. The van der Waals surface area contributed by atoms with Crippen molar-refractivity contribution >= 4 is 39.0 Å². The molecular weight excluding hydrogens is 404 g/mol. The number of nitrogens with one attached hydrogen (secondary N) is 1. The van der Waals surface area contributed by atoms with Gasteiger partial charge in [0.2, 0.25) is 0 Å². The molecule has 0 saturated carbocycles. The molecule has 1 N–H and O–H groups in total. The molecule has 5 nitrogen and oxygen atoms in total. The van der Waals surface area contributed by atoms with Crippen LogP contribution in [0.25, 0.3) is 0 Å². The maximum absolute atomic E-state index is 12.4. The molecule has 0 bridgehead atoms. The Morgan fingerprint density at radius 3 is 2.56 bits per heavy atom. The van der Waals surface area contributed by atoms with Crippen LogP contribution in [0.1, 0.15) is 38.8 Å². The third kappa shape index (κ3) is 3.82. The molecule has 1 atom stereocenters. The largest absolute Gasteiger partial charge is 0.493 e. The van der Waals surface area contributed by atoms with Gasteiger partial charge in [-0.3, -0.25) is 4.79 Å². The van der Waals surface area contributed by atoms with Crippen LogP contribution in [0, 0.1) is 0 Å². The minimum atomic E-state index is -0.389. The predicted octanol–water partition coefficient (Wildman–Crippen LogP) is 3.97. The van der Waals surface area contributed by atoms with E-state index < -0.39 is 0 Å². The topological polar surface area (TPSA) is 50.8 Å². The van der Waals surface area contributed by atoms with Gasteiger partial charge in [-0.2, -0.15) is 0 Å². The standard InChI is InChI=1S/C18H23BrN2O3S/c1-6-7-21-10(2)15(11(3)22)16(20-18(21)25)13-8-12(19)9-14(23-4)17(13)24-5/h8-9,16H,6-7H2,1-5H3,(H,20,25). The van der Waals surface area contributed by atoms with Crippen LogP contribution < -0.4 is 14.8 Å². The Labute approximate surface area is 162 Å². The Kier molecular flexibility index (Phi) is 6.46. The van der Waals surface area contributed by atoms with Crippen molar-refractivity contribution in [2.24, 2.45) is 0 Å². The molecule has 0 aliphatic carbocycles. The number of thiocarbonyl (C=S) groups is 1. The molecule has 136 valence electrons. The number of hydrogen-bond acceptors (Lipinski definition) is 4. The summed E-state index contributed by atoms with van der Waals surface area (Å²) < 4.78 is 11.8. The fourth-order valence-electron chi connectivity index (χ4n) is 3.14. The highest BCUT2D eigenvalue weighted by Gasteiger charge is 2.34. The lowest BCUT2D eigenvalue weighted by Crippen LogP contribution is -2.47. The van der Waals surface area contributed by atoms with E-state index in [1.165, 1.54) is 0 Å². The minimum Gasteiger partial charge on any atom is -0.493 e. The number of halogens is 1. The van der Waals surface area contributed by atoms with Crippen LogP contribution in [0.4, 0.5) is 0 Å². The summed E-state index contributed by atoms with van der Waals surface area (Å²) in [6.45, 7) is 6.36. The molecule has 0 fully saturated rings. The third-order valence-corrected chi connectivity index (χ3v) is 5.00. The van der Waals surface area contributed by atoms with Crippen molar-refractivity contribution in [1.82, 2.24) is 10.2 Å². The lowest BCUT2D eigenvalue weighted by Gasteiger charge is -2.38. The van der Waals surface area contributed by atoms with E-state index in [9.17, 15) is 4.79 Å². The number of hydrogen-bond donors (Lipinski definition) is 1. The zero-order chi connectivity index (χ0) is 18.7. The first kappa shape index (κ1) is 19.7. The van der Waals surface area contributed by atoms with Gasteiger partial charge in [-0.1, -0.05) is 22.9 Å². The number of carbonyl (C=O) groups is 1. The van der Waals surface area contributed by atoms with E-state index >= 15 is 0 Å². The number of methoxy groups -OCH3 is 2. The summed E-state index contributed by atoms with van der Waals surface area (Å²) >= 11 is 9.05. The number of ketones is 1. The van der Waals surface area contributed by atoms with Crippen LogP contribution in [0.15, 0.2) is 27.9 Å². The molecule has 1 aliphatic rings. The molecule has 1 aromatic rings. The highest BCUT2D eigenvalue weighted by atomic mass is 79.9. The van der Waals surface area contributed by atoms with E-state index in [1.807, 2.05) is 24.0 Å². The molecule has 0 radical (unpaired) electrons. The number of rotatable bonds is 6. The number of nitrogens with zero attached hydrogens (tertiary/aromatic N) is 1. The van der Waals surface area contributed by atoms with Crippen LogP contribution >= 0.6 is 28.1 Å². The van der Waals surface area contributed by atoms with Gasteiger partial charge >= 0.3 is 0 Å². The van der Waals surface area contributed by atoms with Crippen LogP contribution in [0.5, 0.6) is 11.5 Å². The number of allylic oxidation sites excluding steroid dienone is 1. The summed E-state index contributed by atoms with van der Waals surface area (Å²) in [4.78, 5) is 14.4. The summed E-state index contributed by atoms with van der Waals surface area (Å²) in [6, 6.07) is 3.36. The zero-order valence-electron chi connectivity index (χ0n) is 15.1. The van der Waals surface area contributed by atoms with Crippen molar-refractivity contribution in [3.63, 3.8) is 0 Å². The second kappa shape index (κ2) is 8.19. The number of benzene rings is 1. The average Bonchev–Trinajstić information content (AvgIpc) is 2.56. The van der Waals surface area contributed by atoms with Crippen LogP contribution in [0.3, 0.4) is 0 Å². The van der Waals surface area contributed by atoms with Crippen molar-refractivity contribution in [1.29, 1.82) is 0 Å². The molecule has 0 aromatic heterocycles. The van der Waals surface area contributed by atoms with E-state index in [2.05, 4.69) is 28.2 Å². The monoisotopic (exact) mass is 426 g/mol. The van der Waals surface area contributed by atoms with Gasteiger partial charge in [0.1, 0.15) is 0 Å². The molecule has 0 amide bonds. The minimum absolute atomic E-state index is 0.000372. The van der Waals surface area contributed by atoms with Crippen molar-refractivity contribution in [2.45, 2.75) is 33.2 Å². The number of Topliss-reactive ketones (excluding diaryl/α,β-unsaturated/α-hetero) is 1. The quantitative estimate of drug-likeness (QED) is 0.694. The Bertz CT molecular complexity index is 733. The summed E-state index contributed by atoms with van der Waals surface area (Å²) in [5.74, 6) is 1.18. The van der Waals surface area contributed by atoms with E-state index in [1.54, 1.807) is 21.1 Å². The molecule has 1 aromatic carbocycles. The SMILES string of the molecule is CCCN1C(=S)NC(c2cc(Br)cc(OC)c2OC)C(C(C)=O)=C1C. The van der Waals surface area contributed by atoms with Gasteiger partial charge in [0.25, 0.3) is 0 Å².